The van der Waals surface area contributed by atoms with Crippen LogP contribution in [0.5, 0.6) is 5.75 Å². The number of ether oxygens (including phenoxy) is 1. The molecule has 7 nitrogen and oxygen atoms in total. The third-order valence-corrected chi connectivity index (χ3v) is 5.88. The Hall–Kier alpha value is -4.07. The molecule has 176 valence electrons. The van der Waals surface area contributed by atoms with Gasteiger partial charge in [0.2, 0.25) is 0 Å². The number of methoxy groups -OCH3 is 1. The van der Waals surface area contributed by atoms with Gasteiger partial charge >= 0.3 is 0 Å². The summed E-state index contributed by atoms with van der Waals surface area (Å²) >= 11 is 0. The third kappa shape index (κ3) is 5.28. The number of anilines is 2. The molecule has 8 heteroatoms. The predicted molar refractivity (Wildman–Crippen MR) is 130 cm³/mol. The lowest BCUT2D eigenvalue weighted by Crippen LogP contribution is -2.49. The highest BCUT2D eigenvalue weighted by atomic mass is 19.1. The van der Waals surface area contributed by atoms with E-state index in [0.717, 1.165) is 11.3 Å². The van der Waals surface area contributed by atoms with Crippen molar-refractivity contribution in [2.75, 3.05) is 43.9 Å². The number of carbonyl (C=O) groups is 2. The Kier molecular flexibility index (Phi) is 6.96. The number of carbonyl (C=O) groups excluding carboxylic acids is 2. The molecule has 0 bridgehead atoms. The van der Waals surface area contributed by atoms with Crippen molar-refractivity contribution in [3.63, 3.8) is 0 Å². The van der Waals surface area contributed by atoms with Gasteiger partial charge in [0.05, 0.1) is 12.7 Å². The van der Waals surface area contributed by atoms with E-state index in [0.29, 0.717) is 48.7 Å². The normalized spacial score (nSPS) is 13.5. The van der Waals surface area contributed by atoms with Gasteiger partial charge in [-0.25, -0.2) is 4.39 Å². The molecule has 0 aromatic heterocycles. The van der Waals surface area contributed by atoms with Crippen LogP contribution in [0.25, 0.3) is 0 Å². The number of piperazine rings is 1. The van der Waals surface area contributed by atoms with Gasteiger partial charge in [0, 0.05) is 49.7 Å². The monoisotopic (exact) mass is 462 g/mol. The second-order valence-corrected chi connectivity index (χ2v) is 8.09. The highest BCUT2D eigenvalue weighted by molar-refractivity contribution is 6.01. The molecule has 3 aromatic carbocycles. The van der Waals surface area contributed by atoms with Gasteiger partial charge in [-0.2, -0.15) is 0 Å². The molecule has 0 radical (unpaired) electrons. The second-order valence-electron chi connectivity index (χ2n) is 8.09. The smallest absolute Gasteiger partial charge is 0.253 e. The van der Waals surface area contributed by atoms with E-state index >= 15 is 0 Å². The summed E-state index contributed by atoms with van der Waals surface area (Å²) in [5, 5.41) is 2.88. The first-order valence-corrected chi connectivity index (χ1v) is 11.0. The van der Waals surface area contributed by atoms with Gasteiger partial charge in [-0.3, -0.25) is 9.59 Å². The summed E-state index contributed by atoms with van der Waals surface area (Å²) in [6, 6.07) is 18.3. The molecule has 1 heterocycles. The SMILES string of the molecule is COc1ccc(C(=O)N2CCN(c3ccc(N)cc3C(=O)NCc3ccc(F)cc3)CC2)cc1. The standard InChI is InChI=1S/C26H27FN4O3/c1-34-22-9-4-19(5-10-22)26(33)31-14-12-30(13-15-31)24-11-8-21(28)16-23(24)25(32)29-17-18-2-6-20(27)7-3-18/h2-11,16H,12-15,17,28H2,1H3,(H,29,32). The molecule has 34 heavy (non-hydrogen) atoms. The fourth-order valence-electron chi connectivity index (χ4n) is 3.96. The number of halogens is 1. The minimum atomic E-state index is -0.321. The quantitative estimate of drug-likeness (QED) is 0.549. The first-order chi connectivity index (χ1) is 16.4. The minimum Gasteiger partial charge on any atom is -0.497 e. The first-order valence-electron chi connectivity index (χ1n) is 11.0. The highest BCUT2D eigenvalue weighted by Crippen LogP contribution is 2.25. The summed E-state index contributed by atoms with van der Waals surface area (Å²) in [5.74, 6) is 0.0907. The van der Waals surface area contributed by atoms with Crippen molar-refractivity contribution in [1.82, 2.24) is 10.2 Å². The predicted octanol–water partition coefficient (Wildman–Crippen LogP) is 3.31. The van der Waals surface area contributed by atoms with Crippen LogP contribution in [0.4, 0.5) is 15.8 Å². The van der Waals surface area contributed by atoms with E-state index in [-0.39, 0.29) is 24.2 Å². The number of nitrogen functional groups attached to an aromatic ring is 1. The highest BCUT2D eigenvalue weighted by Gasteiger charge is 2.25. The molecule has 1 aliphatic heterocycles. The van der Waals surface area contributed by atoms with Crippen molar-refractivity contribution in [2.45, 2.75) is 6.54 Å². The molecular weight excluding hydrogens is 435 g/mol. The van der Waals surface area contributed by atoms with Crippen LogP contribution in [0.2, 0.25) is 0 Å². The maximum Gasteiger partial charge on any atom is 0.253 e. The van der Waals surface area contributed by atoms with Gasteiger partial charge in [-0.1, -0.05) is 12.1 Å². The number of hydrogen-bond donors (Lipinski definition) is 2. The summed E-state index contributed by atoms with van der Waals surface area (Å²) in [5.41, 5.74) is 9.10. The summed E-state index contributed by atoms with van der Waals surface area (Å²) in [6.45, 7) is 2.52. The molecule has 1 aliphatic rings. The van der Waals surface area contributed by atoms with E-state index in [2.05, 4.69) is 10.2 Å². The van der Waals surface area contributed by atoms with Gasteiger partial charge in [0.25, 0.3) is 11.8 Å². The molecule has 3 aromatic rings. The van der Waals surface area contributed by atoms with E-state index < -0.39 is 0 Å². The van der Waals surface area contributed by atoms with Crippen LogP contribution in [-0.4, -0.2) is 50.0 Å². The van der Waals surface area contributed by atoms with Crippen LogP contribution in [-0.2, 0) is 6.54 Å². The fourth-order valence-corrected chi connectivity index (χ4v) is 3.96. The van der Waals surface area contributed by atoms with Gasteiger partial charge < -0.3 is 25.6 Å². The number of nitrogens with zero attached hydrogens (tertiary/aromatic N) is 2. The number of nitrogens with two attached hydrogens (primary N) is 1. The van der Waals surface area contributed by atoms with Crippen molar-refractivity contribution in [3.05, 3.63) is 89.2 Å². The van der Waals surface area contributed by atoms with Crippen molar-refractivity contribution >= 4 is 23.2 Å². The Labute approximate surface area is 197 Å². The topological polar surface area (TPSA) is 87.9 Å². The van der Waals surface area contributed by atoms with E-state index in [1.807, 2.05) is 11.0 Å². The zero-order valence-electron chi connectivity index (χ0n) is 19.0. The fraction of sp³-hybridized carbons (Fsp3) is 0.231. The molecule has 0 unspecified atom stereocenters. The van der Waals surface area contributed by atoms with Crippen molar-refractivity contribution < 1.29 is 18.7 Å². The molecule has 0 atom stereocenters. The minimum absolute atomic E-state index is 0.0307. The van der Waals surface area contributed by atoms with Crippen molar-refractivity contribution in [3.8, 4) is 5.75 Å². The van der Waals surface area contributed by atoms with Crippen LogP contribution in [0.3, 0.4) is 0 Å². The zero-order valence-corrected chi connectivity index (χ0v) is 19.0. The average molecular weight is 463 g/mol. The number of nitrogens with one attached hydrogen (secondary N) is 1. The van der Waals surface area contributed by atoms with Crippen LogP contribution >= 0.6 is 0 Å². The number of hydrogen-bond acceptors (Lipinski definition) is 5. The lowest BCUT2D eigenvalue weighted by molar-refractivity contribution is 0.0746. The Balaban J connectivity index is 1.42. The van der Waals surface area contributed by atoms with Crippen LogP contribution in [0.1, 0.15) is 26.3 Å². The largest absolute Gasteiger partial charge is 0.497 e. The maximum atomic E-state index is 13.1. The summed E-state index contributed by atoms with van der Waals surface area (Å²) in [7, 11) is 1.59. The Morgan fingerprint density at radius 2 is 1.65 bits per heavy atom. The van der Waals surface area contributed by atoms with Gasteiger partial charge in [-0.05, 0) is 60.2 Å². The van der Waals surface area contributed by atoms with E-state index in [4.69, 9.17) is 10.5 Å². The average Bonchev–Trinajstić information content (AvgIpc) is 2.88. The maximum absolute atomic E-state index is 13.1. The van der Waals surface area contributed by atoms with Crippen LogP contribution < -0.4 is 20.7 Å². The lowest BCUT2D eigenvalue weighted by atomic mass is 10.1. The van der Waals surface area contributed by atoms with Crippen molar-refractivity contribution in [2.24, 2.45) is 0 Å². The summed E-state index contributed by atoms with van der Waals surface area (Å²) in [4.78, 5) is 29.7. The van der Waals surface area contributed by atoms with Gasteiger partial charge in [-0.15, -0.1) is 0 Å². The zero-order chi connectivity index (χ0) is 24.1. The Morgan fingerprint density at radius 1 is 0.971 bits per heavy atom. The molecule has 2 amide bonds. The molecule has 1 fully saturated rings. The van der Waals surface area contributed by atoms with E-state index in [9.17, 15) is 14.0 Å². The molecule has 0 aliphatic carbocycles. The lowest BCUT2D eigenvalue weighted by Gasteiger charge is -2.37. The Bertz CT molecular complexity index is 1160. The molecule has 0 spiro atoms. The molecule has 0 saturated carbocycles. The number of benzene rings is 3. The third-order valence-electron chi connectivity index (χ3n) is 5.88. The number of rotatable bonds is 6. The molecule has 4 rings (SSSR count). The van der Waals surface area contributed by atoms with Crippen LogP contribution in [0.15, 0.2) is 66.7 Å². The second kappa shape index (κ2) is 10.2. The molecule has 1 saturated heterocycles. The number of amides is 2. The van der Waals surface area contributed by atoms with Crippen LogP contribution in [0, 0.1) is 5.82 Å². The summed E-state index contributed by atoms with van der Waals surface area (Å²) < 4.78 is 18.3. The van der Waals surface area contributed by atoms with E-state index in [1.54, 1.807) is 55.6 Å². The molecular formula is C26H27FN4O3. The summed E-state index contributed by atoms with van der Waals surface area (Å²) in [6.07, 6.45) is 0. The van der Waals surface area contributed by atoms with Crippen molar-refractivity contribution in [1.29, 1.82) is 0 Å². The molecule has 3 N–H and O–H groups in total. The first kappa shape index (κ1) is 23.1. The van der Waals surface area contributed by atoms with Gasteiger partial charge in [0.1, 0.15) is 11.6 Å². The Morgan fingerprint density at radius 3 is 2.29 bits per heavy atom. The van der Waals surface area contributed by atoms with Gasteiger partial charge in [0.15, 0.2) is 0 Å². The van der Waals surface area contributed by atoms with E-state index in [1.165, 1.54) is 12.1 Å².